The molecule has 1 saturated heterocycles. The van der Waals surface area contributed by atoms with Crippen LogP contribution in [0.25, 0.3) is 0 Å². The summed E-state index contributed by atoms with van der Waals surface area (Å²) in [4.78, 5) is 14.4. The Morgan fingerprint density at radius 2 is 2.05 bits per heavy atom. The lowest BCUT2D eigenvalue weighted by Crippen LogP contribution is -2.37. The van der Waals surface area contributed by atoms with Gasteiger partial charge in [0.1, 0.15) is 0 Å². The average molecular weight is 286 g/mol. The Bertz CT molecular complexity index is 284. The lowest BCUT2D eigenvalue weighted by Gasteiger charge is -2.22. The molecule has 0 aliphatic carbocycles. The highest BCUT2D eigenvalue weighted by Crippen LogP contribution is 2.19. The summed E-state index contributed by atoms with van der Waals surface area (Å²) in [6.45, 7) is 9.12. The van der Waals surface area contributed by atoms with Crippen molar-refractivity contribution in [3.8, 4) is 0 Å². The van der Waals surface area contributed by atoms with Gasteiger partial charge in [-0.05, 0) is 25.2 Å². The molecule has 0 saturated carbocycles. The number of ether oxygens (including phenoxy) is 2. The first-order valence-electron chi connectivity index (χ1n) is 7.73. The van der Waals surface area contributed by atoms with Crippen molar-refractivity contribution in [1.29, 1.82) is 0 Å². The van der Waals surface area contributed by atoms with Gasteiger partial charge in [0.05, 0.1) is 25.4 Å². The Balaban J connectivity index is 2.33. The highest BCUT2D eigenvalue weighted by atomic mass is 16.5. The molecule has 118 valence electrons. The van der Waals surface area contributed by atoms with Crippen molar-refractivity contribution >= 4 is 5.91 Å². The Labute approximate surface area is 123 Å². The molecular formula is C15H30N2O3. The quantitative estimate of drug-likeness (QED) is 0.620. The van der Waals surface area contributed by atoms with Gasteiger partial charge in [-0.2, -0.15) is 0 Å². The molecular weight excluding hydrogens is 256 g/mol. The third-order valence-corrected chi connectivity index (χ3v) is 3.56. The number of nitrogens with one attached hydrogen (secondary N) is 1. The molecule has 1 aliphatic rings. The van der Waals surface area contributed by atoms with Crippen LogP contribution in [0.2, 0.25) is 0 Å². The zero-order valence-electron chi connectivity index (χ0n) is 13.4. The zero-order valence-corrected chi connectivity index (χ0v) is 13.4. The van der Waals surface area contributed by atoms with Crippen molar-refractivity contribution in [3.05, 3.63) is 0 Å². The zero-order chi connectivity index (χ0) is 15.0. The highest BCUT2D eigenvalue weighted by molar-refractivity contribution is 5.84. The van der Waals surface area contributed by atoms with Crippen LogP contribution in [0.3, 0.4) is 0 Å². The van der Waals surface area contributed by atoms with Gasteiger partial charge < -0.3 is 14.4 Å². The van der Waals surface area contributed by atoms with Crippen LogP contribution in [0.4, 0.5) is 0 Å². The molecule has 1 N–H and O–H groups in total. The van der Waals surface area contributed by atoms with Crippen LogP contribution >= 0.6 is 0 Å². The van der Waals surface area contributed by atoms with Crippen LogP contribution in [0, 0.1) is 5.92 Å². The molecule has 0 bridgehead atoms. The molecule has 1 amide bonds. The van der Waals surface area contributed by atoms with Crippen LogP contribution in [0.15, 0.2) is 0 Å². The fraction of sp³-hybridized carbons (Fsp3) is 0.933. The third-order valence-electron chi connectivity index (χ3n) is 3.56. The standard InChI is InChI=1S/C15H30N2O3/c1-5-14-16-13(11-12(2)3)15(18)17(14)7-6-8-20-10-9-19-4/h12-14,16H,5-11H2,1-4H3. The van der Waals surface area contributed by atoms with Crippen molar-refractivity contribution < 1.29 is 14.3 Å². The summed E-state index contributed by atoms with van der Waals surface area (Å²) >= 11 is 0. The first-order valence-corrected chi connectivity index (χ1v) is 7.73. The Morgan fingerprint density at radius 1 is 1.30 bits per heavy atom. The van der Waals surface area contributed by atoms with Crippen LogP contribution < -0.4 is 5.32 Å². The number of carbonyl (C=O) groups is 1. The Hall–Kier alpha value is -0.650. The van der Waals surface area contributed by atoms with Gasteiger partial charge in [-0.25, -0.2) is 0 Å². The van der Waals surface area contributed by atoms with E-state index in [0.717, 1.165) is 25.8 Å². The maximum absolute atomic E-state index is 12.4. The molecule has 0 aromatic carbocycles. The summed E-state index contributed by atoms with van der Waals surface area (Å²) in [6.07, 6.45) is 2.92. The van der Waals surface area contributed by atoms with Gasteiger partial charge in [0.25, 0.3) is 0 Å². The smallest absolute Gasteiger partial charge is 0.241 e. The van der Waals surface area contributed by atoms with E-state index < -0.39 is 0 Å². The third kappa shape index (κ3) is 5.38. The first kappa shape index (κ1) is 17.4. The second-order valence-electron chi connectivity index (χ2n) is 5.76. The summed E-state index contributed by atoms with van der Waals surface area (Å²) in [5.41, 5.74) is 0. The molecule has 1 rings (SSSR count). The number of carbonyl (C=O) groups excluding carboxylic acids is 1. The van der Waals surface area contributed by atoms with Crippen molar-refractivity contribution in [2.24, 2.45) is 5.92 Å². The monoisotopic (exact) mass is 286 g/mol. The van der Waals surface area contributed by atoms with Gasteiger partial charge in [-0.15, -0.1) is 0 Å². The molecule has 2 atom stereocenters. The maximum atomic E-state index is 12.4. The molecule has 20 heavy (non-hydrogen) atoms. The van der Waals surface area contributed by atoms with E-state index in [1.165, 1.54) is 0 Å². The largest absolute Gasteiger partial charge is 0.382 e. The minimum Gasteiger partial charge on any atom is -0.382 e. The maximum Gasteiger partial charge on any atom is 0.241 e. The van der Waals surface area contributed by atoms with Crippen molar-refractivity contribution in [1.82, 2.24) is 10.2 Å². The molecule has 5 nitrogen and oxygen atoms in total. The molecule has 0 aromatic heterocycles. The molecule has 1 heterocycles. The van der Waals surface area contributed by atoms with Crippen molar-refractivity contribution in [2.45, 2.75) is 52.2 Å². The fourth-order valence-corrected chi connectivity index (χ4v) is 2.57. The van der Waals surface area contributed by atoms with Gasteiger partial charge in [0.15, 0.2) is 0 Å². The number of hydrogen-bond donors (Lipinski definition) is 1. The predicted molar refractivity (Wildman–Crippen MR) is 79.5 cm³/mol. The molecule has 1 fully saturated rings. The van der Waals surface area contributed by atoms with Crippen LogP contribution in [-0.2, 0) is 14.3 Å². The summed E-state index contributed by atoms with van der Waals surface area (Å²) in [5, 5.41) is 3.45. The lowest BCUT2D eigenvalue weighted by atomic mass is 10.0. The van der Waals surface area contributed by atoms with E-state index in [1.807, 2.05) is 4.90 Å². The molecule has 5 heteroatoms. The Kier molecular flexibility index (Phi) is 8.11. The predicted octanol–water partition coefficient (Wildman–Crippen LogP) is 1.62. The minimum absolute atomic E-state index is 0.00522. The van der Waals surface area contributed by atoms with Crippen LogP contribution in [-0.4, -0.2) is 56.5 Å². The van der Waals surface area contributed by atoms with Gasteiger partial charge in [0.2, 0.25) is 5.91 Å². The fourth-order valence-electron chi connectivity index (χ4n) is 2.57. The van der Waals surface area contributed by atoms with Gasteiger partial charge in [-0.3, -0.25) is 10.1 Å². The summed E-state index contributed by atoms with van der Waals surface area (Å²) in [5.74, 6) is 0.786. The van der Waals surface area contributed by atoms with Crippen LogP contribution in [0.1, 0.15) is 40.0 Å². The highest BCUT2D eigenvalue weighted by Gasteiger charge is 2.37. The molecule has 0 radical (unpaired) electrons. The van der Waals surface area contributed by atoms with E-state index in [1.54, 1.807) is 7.11 Å². The Morgan fingerprint density at radius 3 is 2.65 bits per heavy atom. The van der Waals surface area contributed by atoms with E-state index in [4.69, 9.17) is 9.47 Å². The molecule has 2 unspecified atom stereocenters. The first-order chi connectivity index (χ1) is 9.60. The number of hydrogen-bond acceptors (Lipinski definition) is 4. The number of nitrogens with zero attached hydrogens (tertiary/aromatic N) is 1. The van der Waals surface area contributed by atoms with E-state index in [9.17, 15) is 4.79 Å². The van der Waals surface area contributed by atoms with Crippen molar-refractivity contribution in [2.75, 3.05) is 33.5 Å². The van der Waals surface area contributed by atoms with Gasteiger partial charge in [0, 0.05) is 20.3 Å². The summed E-state index contributed by atoms with van der Waals surface area (Å²) < 4.78 is 10.4. The SMILES string of the molecule is CCC1NC(CC(C)C)C(=O)N1CCCOCCOC. The topological polar surface area (TPSA) is 50.8 Å². The van der Waals surface area contributed by atoms with Gasteiger partial charge >= 0.3 is 0 Å². The number of rotatable bonds is 10. The van der Waals surface area contributed by atoms with E-state index in [0.29, 0.717) is 25.7 Å². The molecule has 0 aromatic rings. The minimum atomic E-state index is -0.00522. The van der Waals surface area contributed by atoms with Crippen molar-refractivity contribution in [3.63, 3.8) is 0 Å². The second-order valence-corrected chi connectivity index (χ2v) is 5.76. The summed E-state index contributed by atoms with van der Waals surface area (Å²) in [6, 6.07) is -0.00522. The molecule has 0 spiro atoms. The normalized spacial score (nSPS) is 23.1. The second kappa shape index (κ2) is 9.32. The lowest BCUT2D eigenvalue weighted by molar-refractivity contribution is -0.130. The summed E-state index contributed by atoms with van der Waals surface area (Å²) in [7, 11) is 1.67. The van der Waals surface area contributed by atoms with Crippen LogP contribution in [0.5, 0.6) is 0 Å². The van der Waals surface area contributed by atoms with Gasteiger partial charge in [-0.1, -0.05) is 20.8 Å². The van der Waals surface area contributed by atoms with E-state index in [2.05, 4.69) is 26.1 Å². The van der Waals surface area contributed by atoms with E-state index >= 15 is 0 Å². The average Bonchev–Trinajstić information content (AvgIpc) is 2.70. The number of amides is 1. The number of methoxy groups -OCH3 is 1. The molecule has 1 aliphatic heterocycles. The van der Waals surface area contributed by atoms with E-state index in [-0.39, 0.29) is 18.1 Å².